The molecule has 0 saturated carbocycles. The highest BCUT2D eigenvalue weighted by Crippen LogP contribution is 2.19. The summed E-state index contributed by atoms with van der Waals surface area (Å²) in [5.74, 6) is 0. The molecule has 0 aromatic heterocycles. The van der Waals surface area contributed by atoms with E-state index in [2.05, 4.69) is 176 Å². The second-order valence-corrected chi connectivity index (χ2v) is 57.3. The third-order valence-corrected chi connectivity index (χ3v) is 43.4. The van der Waals surface area contributed by atoms with Gasteiger partial charge in [0, 0.05) is 11.7 Å². The van der Waals surface area contributed by atoms with Gasteiger partial charge in [0.05, 0.1) is 0 Å². The number of benzene rings is 1. The van der Waals surface area contributed by atoms with Crippen LogP contribution >= 0.6 is 0 Å². The maximum atomic E-state index is 6.35. The van der Waals surface area contributed by atoms with Gasteiger partial charge in [0.25, 0.3) is 0 Å². The van der Waals surface area contributed by atoms with Crippen LogP contribution in [0.2, 0.25) is 164 Å². The summed E-state index contributed by atoms with van der Waals surface area (Å²) < 4.78 is 66.8. The van der Waals surface area contributed by atoms with Gasteiger partial charge >= 0.3 is 26.7 Å². The van der Waals surface area contributed by atoms with Crippen molar-refractivity contribution in [2.45, 2.75) is 164 Å². The van der Waals surface area contributed by atoms with Gasteiger partial charge < -0.3 is 45.3 Å². The van der Waals surface area contributed by atoms with Gasteiger partial charge in [-0.15, -0.1) is 0 Å². The molecule has 11 nitrogen and oxygen atoms in total. The average molecular weight is 1060 g/mol. The molecule has 0 fully saturated rings. The van der Waals surface area contributed by atoms with Gasteiger partial charge in [-0.2, -0.15) is 0 Å². The monoisotopic (exact) mass is 1060 g/mol. The zero-order chi connectivity index (χ0) is 45.3. The fourth-order valence-electron chi connectivity index (χ4n) is 5.09. The minimum absolute atomic E-state index is 0.667. The van der Waals surface area contributed by atoms with Gasteiger partial charge in [0.2, 0.25) is 0 Å². The maximum Gasteiger partial charge on any atom is 0.636 e. The highest BCUT2D eigenvalue weighted by Gasteiger charge is 2.48. The summed E-state index contributed by atoms with van der Waals surface area (Å²) >= 11 is 0. The molecule has 0 N–H and O–H groups in total. The second-order valence-electron chi connectivity index (χ2n) is 17.2. The Morgan fingerprint density at radius 2 is 0.526 bits per heavy atom. The van der Waals surface area contributed by atoms with Crippen LogP contribution in [0.15, 0.2) is 30.3 Å². The van der Waals surface area contributed by atoms with Crippen molar-refractivity contribution < 1.29 is 45.3 Å². The van der Waals surface area contributed by atoms with E-state index in [0.29, 0.717) is 0 Å². The van der Waals surface area contributed by atoms with Crippen LogP contribution in [0.3, 0.4) is 0 Å². The molecular weight excluding hydrogens is 970 g/mol. The third kappa shape index (κ3) is 37.2. The Kier molecular flexibility index (Phi) is 37.2. The molecule has 0 bridgehead atoms. The predicted molar refractivity (Wildman–Crippen MR) is 288 cm³/mol. The molecule has 1 aromatic carbocycles. The molecule has 342 valence electrons. The van der Waals surface area contributed by atoms with E-state index in [1.807, 2.05) is 18.2 Å². The van der Waals surface area contributed by atoms with Crippen molar-refractivity contribution in [3.05, 3.63) is 30.3 Å². The van der Waals surface area contributed by atoms with E-state index in [4.69, 9.17) is 45.3 Å². The molecule has 0 aliphatic heterocycles. The summed E-state index contributed by atoms with van der Waals surface area (Å²) in [5.41, 5.74) is 0. The molecular formula is C31H92O11Si15. The highest BCUT2D eigenvalue weighted by atomic mass is 28.5. The quantitative estimate of drug-likeness (QED) is 0.125. The summed E-state index contributed by atoms with van der Waals surface area (Å²) in [5, 5.41) is 1.12. The van der Waals surface area contributed by atoms with Crippen LogP contribution in [0.5, 0.6) is 0 Å². The topological polar surface area (TPSA) is 102 Å². The lowest BCUT2D eigenvalue weighted by Gasteiger charge is -2.35. The first kappa shape index (κ1) is 63.3. The lowest BCUT2D eigenvalue weighted by atomic mass is 10.4. The standard InChI is InChI=1S/C12H26O3Si4.C8H28O4Si5.C7H24O3Si4.C4H14OSi2/c1-16(2)13-19(14-17(3)4,15-18(5)6)12-10-8-7-9-11-12;1-13(2)9-17(10-14(3)4,11-15(5)6)12-16(7)8;1-11(2)8-14(7,9-12(3)4)10-13(5)6;1-6(2)5-7(3)4/h7-11,16-18H,1-6H3;13-16H,1-8H3;11-13H,1-7H3;6-7H,1-4H3. The molecule has 0 amide bonds. The van der Waals surface area contributed by atoms with Crippen LogP contribution in [-0.2, 0) is 45.3 Å². The Bertz CT molecular complexity index is 989. The van der Waals surface area contributed by atoms with Crippen molar-refractivity contribution in [1.82, 2.24) is 0 Å². The van der Waals surface area contributed by atoms with Gasteiger partial charge in [-0.3, -0.25) is 0 Å². The van der Waals surface area contributed by atoms with Gasteiger partial charge in [0.15, 0.2) is 108 Å². The van der Waals surface area contributed by atoms with E-state index in [1.54, 1.807) is 0 Å². The molecule has 26 heteroatoms. The van der Waals surface area contributed by atoms with Crippen molar-refractivity contribution >= 4 is 140 Å². The molecule has 0 aliphatic carbocycles. The van der Waals surface area contributed by atoms with Crippen LogP contribution in [0.4, 0.5) is 0 Å². The van der Waals surface area contributed by atoms with Crippen LogP contribution in [0, 0.1) is 0 Å². The molecule has 0 saturated heterocycles. The molecule has 0 heterocycles. The average Bonchev–Trinajstić information content (AvgIpc) is 2.93. The Morgan fingerprint density at radius 1 is 0.298 bits per heavy atom. The second kappa shape index (κ2) is 33.5. The van der Waals surface area contributed by atoms with E-state index in [1.165, 1.54) is 0 Å². The fourth-order valence-corrected chi connectivity index (χ4v) is 47.3. The first-order valence-corrected chi connectivity index (χ1v) is 60.3. The lowest BCUT2D eigenvalue weighted by molar-refractivity contribution is 0.164. The van der Waals surface area contributed by atoms with Crippen molar-refractivity contribution in [1.29, 1.82) is 0 Å². The smallest absolute Gasteiger partial charge is 0.461 e. The number of hydrogen-bond donors (Lipinski definition) is 0. The van der Waals surface area contributed by atoms with Crippen LogP contribution in [-0.4, -0.2) is 135 Å². The minimum Gasteiger partial charge on any atom is -0.461 e. The van der Waals surface area contributed by atoms with Gasteiger partial charge in [-0.05, 0) is 157 Å². The normalized spacial score (nSPS) is 12.9. The Labute approximate surface area is 376 Å². The molecule has 57 heavy (non-hydrogen) atoms. The Morgan fingerprint density at radius 3 is 0.702 bits per heavy atom. The van der Waals surface area contributed by atoms with Gasteiger partial charge in [-0.1, -0.05) is 30.3 Å². The number of hydrogen-bond acceptors (Lipinski definition) is 11. The maximum absolute atomic E-state index is 6.35. The predicted octanol–water partition coefficient (Wildman–Crippen LogP) is 5.78. The Balaban J connectivity index is -0.000000714. The largest absolute Gasteiger partial charge is 0.636 e. The van der Waals surface area contributed by atoms with E-state index in [-0.39, 0.29) is 0 Å². The zero-order valence-electron chi connectivity index (χ0n) is 41.3. The molecule has 0 radical (unpaired) electrons. The van der Waals surface area contributed by atoms with E-state index >= 15 is 0 Å². The van der Waals surface area contributed by atoms with Crippen LogP contribution in [0.1, 0.15) is 0 Å². The van der Waals surface area contributed by atoms with E-state index in [0.717, 1.165) is 5.19 Å². The van der Waals surface area contributed by atoms with Crippen molar-refractivity contribution in [2.24, 2.45) is 0 Å². The third-order valence-electron chi connectivity index (χ3n) is 5.71. The van der Waals surface area contributed by atoms with E-state index in [9.17, 15) is 0 Å². The molecule has 1 aromatic rings. The highest BCUT2D eigenvalue weighted by molar-refractivity contribution is 6.88. The summed E-state index contributed by atoms with van der Waals surface area (Å²) in [6.45, 7) is 54.2. The molecule has 1 rings (SSSR count). The summed E-state index contributed by atoms with van der Waals surface area (Å²) in [6, 6.07) is 10.3. The number of rotatable bonds is 23. The Hall–Kier alpha value is 2.03. The zero-order valence-corrected chi connectivity index (χ0v) is 58.2. The van der Waals surface area contributed by atoms with E-state index < -0.39 is 135 Å². The summed E-state index contributed by atoms with van der Waals surface area (Å²) in [7, 11) is -20.8. The molecule has 0 atom stereocenters. The van der Waals surface area contributed by atoms with Crippen molar-refractivity contribution in [3.8, 4) is 0 Å². The van der Waals surface area contributed by atoms with Crippen LogP contribution < -0.4 is 5.19 Å². The summed E-state index contributed by atoms with van der Waals surface area (Å²) in [4.78, 5) is 0. The fraction of sp³-hybridized carbons (Fsp3) is 0.806. The van der Waals surface area contributed by atoms with Crippen molar-refractivity contribution in [2.75, 3.05) is 0 Å². The molecule has 0 aliphatic rings. The first-order valence-electron chi connectivity index (χ1n) is 21.4. The van der Waals surface area contributed by atoms with Crippen molar-refractivity contribution in [3.63, 3.8) is 0 Å². The summed E-state index contributed by atoms with van der Waals surface area (Å²) in [6.07, 6.45) is 0. The molecule has 0 unspecified atom stereocenters. The SMILES string of the molecule is C[SiH](C)O[SiH](C)C.C[SiH](C)O[Si](C)(O[SiH](C)C)O[SiH](C)C.C[SiH](C)O[Si](O[SiH](C)C)(O[SiH](C)C)O[SiH](C)C.C[SiH](C)O[Si](O[SiH](C)C)(O[SiH](C)C)c1ccccc1. The van der Waals surface area contributed by atoms with Gasteiger partial charge in [0.1, 0.15) is 0 Å². The minimum atomic E-state index is -2.80. The van der Waals surface area contributed by atoms with Crippen LogP contribution in [0.25, 0.3) is 0 Å². The lowest BCUT2D eigenvalue weighted by Crippen LogP contribution is -2.61. The first-order chi connectivity index (χ1) is 25.9. The molecule has 0 spiro atoms. The van der Waals surface area contributed by atoms with Gasteiger partial charge in [-0.25, -0.2) is 0 Å².